The Hall–Kier alpha value is -2.37. The summed E-state index contributed by atoms with van der Waals surface area (Å²) in [6.45, 7) is 12.9. The second-order valence-electron chi connectivity index (χ2n) is 9.49. The van der Waals surface area contributed by atoms with Gasteiger partial charge in [-0.05, 0) is 39.5 Å². The van der Waals surface area contributed by atoms with E-state index in [4.69, 9.17) is 0 Å². The zero-order valence-corrected chi connectivity index (χ0v) is 18.7. The maximum absolute atomic E-state index is 12.3. The molecule has 3 rings (SSSR count). The first kappa shape index (κ1) is 21.3. The van der Waals surface area contributed by atoms with Crippen LogP contribution in [0.2, 0.25) is 0 Å². The van der Waals surface area contributed by atoms with E-state index in [9.17, 15) is 13.0 Å². The molecule has 154 valence electrons. The van der Waals surface area contributed by atoms with Crippen molar-refractivity contribution >= 4 is 32.3 Å². The lowest BCUT2D eigenvalue weighted by Gasteiger charge is -2.32. The van der Waals surface area contributed by atoms with Crippen LogP contribution >= 0.6 is 0 Å². The molecule has 0 fully saturated rings. The lowest BCUT2D eigenvalue weighted by molar-refractivity contribution is 0.484. The quantitative estimate of drug-likeness (QED) is 0.488. The number of fused-ring (bicyclic) bond motifs is 1. The molecule has 0 aromatic heterocycles. The summed E-state index contributed by atoms with van der Waals surface area (Å²) in [5.41, 5.74) is 3.29. The smallest absolute Gasteiger partial charge is 0.297 e. The molecule has 0 unspecified atom stereocenters. The van der Waals surface area contributed by atoms with Crippen LogP contribution in [0.5, 0.6) is 0 Å². The lowest BCUT2D eigenvalue weighted by atomic mass is 9.74. The Morgan fingerprint density at radius 2 is 1.41 bits per heavy atom. The van der Waals surface area contributed by atoms with Crippen molar-refractivity contribution in [3.63, 3.8) is 0 Å². The molecule has 0 bridgehead atoms. The van der Waals surface area contributed by atoms with Gasteiger partial charge in [-0.25, -0.2) is 0 Å². The average Bonchev–Trinajstić information content (AvgIpc) is 2.58. The third-order valence-corrected chi connectivity index (χ3v) is 5.99. The van der Waals surface area contributed by atoms with Gasteiger partial charge in [0.05, 0.1) is 5.69 Å². The number of rotatable bonds is 3. The first-order valence-corrected chi connectivity index (χ1v) is 11.1. The largest absolute Gasteiger partial charge is 0.354 e. The number of hydrogen-bond acceptors (Lipinski definition) is 3. The molecule has 0 aliphatic carbocycles. The molecule has 0 atom stereocenters. The monoisotopic (exact) mass is 411 g/mol. The highest BCUT2D eigenvalue weighted by molar-refractivity contribution is 7.86. The van der Waals surface area contributed by atoms with Gasteiger partial charge >= 0.3 is 0 Å². The van der Waals surface area contributed by atoms with E-state index in [-0.39, 0.29) is 15.7 Å². The zero-order chi connectivity index (χ0) is 21.6. The van der Waals surface area contributed by atoms with Crippen molar-refractivity contribution in [1.29, 1.82) is 0 Å². The first-order chi connectivity index (χ1) is 13.3. The van der Waals surface area contributed by atoms with Crippen molar-refractivity contribution in [2.45, 2.75) is 57.3 Å². The fourth-order valence-corrected chi connectivity index (χ4v) is 4.71. The van der Waals surface area contributed by atoms with Crippen LogP contribution in [0.15, 0.2) is 59.5 Å². The molecule has 0 heterocycles. The molecule has 0 spiro atoms. The van der Waals surface area contributed by atoms with Crippen LogP contribution in [0.4, 0.5) is 11.4 Å². The third kappa shape index (κ3) is 4.31. The third-order valence-electron chi connectivity index (χ3n) is 5.03. The standard InChI is InChI=1S/C24H29NO3S/c1-23(2,3)18-12-9-13-19(21(18)24(4,5)6)25-20-15-14-16-10-7-8-11-17(16)22(20)29(26,27)28/h7-15,25H,1-6H3,(H,26,27,28). The molecule has 0 amide bonds. The topological polar surface area (TPSA) is 66.4 Å². The Morgan fingerprint density at radius 1 is 0.759 bits per heavy atom. The Kier molecular flexibility index (Phi) is 5.26. The molecule has 0 aliphatic heterocycles. The molecular weight excluding hydrogens is 382 g/mol. The summed E-state index contributed by atoms with van der Waals surface area (Å²) in [4.78, 5) is -0.100. The van der Waals surface area contributed by atoms with Crippen molar-refractivity contribution in [3.05, 3.63) is 65.7 Å². The number of nitrogens with one attached hydrogen (secondary N) is 1. The average molecular weight is 412 g/mol. The maximum atomic E-state index is 12.3. The fraction of sp³-hybridized carbons (Fsp3) is 0.333. The van der Waals surface area contributed by atoms with E-state index in [1.165, 1.54) is 5.56 Å². The number of anilines is 2. The van der Waals surface area contributed by atoms with Gasteiger partial charge in [0, 0.05) is 11.1 Å². The summed E-state index contributed by atoms with van der Waals surface area (Å²) in [6.07, 6.45) is 0. The highest BCUT2D eigenvalue weighted by atomic mass is 32.2. The van der Waals surface area contributed by atoms with E-state index in [0.717, 1.165) is 16.6 Å². The number of hydrogen-bond donors (Lipinski definition) is 2. The molecule has 2 N–H and O–H groups in total. The van der Waals surface area contributed by atoms with Gasteiger partial charge in [-0.3, -0.25) is 4.55 Å². The molecule has 29 heavy (non-hydrogen) atoms. The Bertz CT molecular complexity index is 1170. The molecule has 3 aromatic rings. The van der Waals surface area contributed by atoms with Crippen molar-refractivity contribution in [3.8, 4) is 0 Å². The van der Waals surface area contributed by atoms with E-state index < -0.39 is 10.1 Å². The Morgan fingerprint density at radius 3 is 2.00 bits per heavy atom. The van der Waals surface area contributed by atoms with Crippen LogP contribution in [0, 0.1) is 0 Å². The minimum atomic E-state index is -4.43. The summed E-state index contributed by atoms with van der Waals surface area (Å²) < 4.78 is 34.6. The molecule has 5 heteroatoms. The van der Waals surface area contributed by atoms with E-state index in [2.05, 4.69) is 52.9 Å². The Balaban J connectivity index is 2.28. The van der Waals surface area contributed by atoms with Gasteiger partial charge in [0.15, 0.2) is 0 Å². The van der Waals surface area contributed by atoms with Gasteiger partial charge in [-0.2, -0.15) is 8.42 Å². The zero-order valence-electron chi connectivity index (χ0n) is 17.9. The van der Waals surface area contributed by atoms with Crippen molar-refractivity contribution in [2.24, 2.45) is 0 Å². The molecule has 0 saturated carbocycles. The van der Waals surface area contributed by atoms with Crippen molar-refractivity contribution in [2.75, 3.05) is 5.32 Å². The van der Waals surface area contributed by atoms with E-state index in [1.807, 2.05) is 30.3 Å². The molecular formula is C24H29NO3S. The molecule has 4 nitrogen and oxygen atoms in total. The van der Waals surface area contributed by atoms with Crippen LogP contribution in [-0.2, 0) is 20.9 Å². The summed E-state index contributed by atoms with van der Waals surface area (Å²) >= 11 is 0. The lowest BCUT2D eigenvalue weighted by Crippen LogP contribution is -2.23. The second-order valence-corrected chi connectivity index (χ2v) is 10.8. The Labute approximate surface area is 173 Å². The predicted molar refractivity (Wildman–Crippen MR) is 121 cm³/mol. The molecule has 0 radical (unpaired) electrons. The van der Waals surface area contributed by atoms with E-state index >= 15 is 0 Å². The van der Waals surface area contributed by atoms with Gasteiger partial charge < -0.3 is 5.32 Å². The van der Waals surface area contributed by atoms with Gasteiger partial charge in [-0.15, -0.1) is 0 Å². The number of benzene rings is 3. The predicted octanol–water partition coefficient (Wildman–Crippen LogP) is 6.43. The maximum Gasteiger partial charge on any atom is 0.297 e. The summed E-state index contributed by atoms with van der Waals surface area (Å²) in [5, 5.41) is 4.56. The van der Waals surface area contributed by atoms with Gasteiger partial charge in [0.1, 0.15) is 4.90 Å². The second kappa shape index (κ2) is 7.15. The van der Waals surface area contributed by atoms with Crippen LogP contribution in [0.3, 0.4) is 0 Å². The molecule has 0 aliphatic rings. The summed E-state index contributed by atoms with van der Waals surface area (Å²) in [6, 6.07) is 16.8. The molecule has 3 aromatic carbocycles. The van der Waals surface area contributed by atoms with Gasteiger partial charge in [-0.1, -0.05) is 84.0 Å². The van der Waals surface area contributed by atoms with Crippen molar-refractivity contribution < 1.29 is 13.0 Å². The minimum absolute atomic E-state index is 0.0738. The minimum Gasteiger partial charge on any atom is -0.354 e. The van der Waals surface area contributed by atoms with E-state index in [0.29, 0.717) is 11.1 Å². The summed E-state index contributed by atoms with van der Waals surface area (Å²) in [5.74, 6) is 0. The van der Waals surface area contributed by atoms with Crippen molar-refractivity contribution in [1.82, 2.24) is 0 Å². The highest BCUT2D eigenvalue weighted by Crippen LogP contribution is 2.41. The molecule has 0 saturated heterocycles. The van der Waals surface area contributed by atoms with E-state index in [1.54, 1.807) is 18.2 Å². The van der Waals surface area contributed by atoms with Crippen LogP contribution in [0.1, 0.15) is 52.7 Å². The SMILES string of the molecule is CC(C)(C)c1cccc(Nc2ccc3ccccc3c2S(=O)(=O)O)c1C(C)(C)C. The van der Waals surface area contributed by atoms with Crippen LogP contribution in [0.25, 0.3) is 10.8 Å². The van der Waals surface area contributed by atoms with Gasteiger partial charge in [0.2, 0.25) is 0 Å². The fourth-order valence-electron chi connectivity index (χ4n) is 3.85. The first-order valence-electron chi connectivity index (χ1n) is 9.70. The summed E-state index contributed by atoms with van der Waals surface area (Å²) in [7, 11) is -4.43. The van der Waals surface area contributed by atoms with Gasteiger partial charge in [0.25, 0.3) is 10.1 Å². The highest BCUT2D eigenvalue weighted by Gasteiger charge is 2.28. The normalized spacial score (nSPS) is 12.9. The van der Waals surface area contributed by atoms with Crippen LogP contribution < -0.4 is 5.32 Å². The van der Waals surface area contributed by atoms with Crippen LogP contribution in [-0.4, -0.2) is 13.0 Å².